The summed E-state index contributed by atoms with van der Waals surface area (Å²) in [5, 5.41) is 9.76. The lowest BCUT2D eigenvalue weighted by molar-refractivity contribution is 0.0926. The van der Waals surface area contributed by atoms with E-state index in [2.05, 4.69) is 64.4 Å². The lowest BCUT2D eigenvalue weighted by atomic mass is 9.62. The number of nitrogens with zero attached hydrogens (tertiary/aromatic N) is 6. The second-order valence-electron chi connectivity index (χ2n) is 18.1. The van der Waals surface area contributed by atoms with E-state index in [0.29, 0.717) is 74.5 Å². The predicted octanol–water partition coefficient (Wildman–Crippen LogP) is 12.2. The van der Waals surface area contributed by atoms with Crippen molar-refractivity contribution < 1.29 is 26.4 Å². The monoisotopic (exact) mass is 904 g/mol. The molecule has 11 nitrogen and oxygen atoms in total. The van der Waals surface area contributed by atoms with Crippen LogP contribution in [0, 0.1) is 64.8 Å². The van der Waals surface area contributed by atoms with Crippen LogP contribution in [-0.4, -0.2) is 52.0 Å². The Hall–Kier alpha value is -6.23. The van der Waals surface area contributed by atoms with Crippen LogP contribution in [0.5, 0.6) is 0 Å². The molecule has 0 aliphatic heterocycles. The van der Waals surface area contributed by atoms with Crippen LogP contribution in [0.1, 0.15) is 65.2 Å². The summed E-state index contributed by atoms with van der Waals surface area (Å²) in [5.41, 5.74) is 2.17. The number of nitrogens with one attached hydrogen (secondary N) is 4. The van der Waals surface area contributed by atoms with Crippen LogP contribution in [0.15, 0.2) is 71.0 Å². The molecule has 0 spiro atoms. The number of anilines is 2. The molecule has 0 saturated heterocycles. The Morgan fingerprint density at radius 3 is 1.57 bits per heavy atom. The van der Waals surface area contributed by atoms with Crippen molar-refractivity contribution >= 4 is 45.0 Å². The fraction of sp³-hybridized carbons (Fsp3) is 0.375. The van der Waals surface area contributed by atoms with Gasteiger partial charge in [-0.2, -0.15) is 4.39 Å². The minimum absolute atomic E-state index is 0.0370. The van der Waals surface area contributed by atoms with Gasteiger partial charge >= 0.3 is 0 Å². The first-order valence-corrected chi connectivity index (χ1v) is 23.2. The molecule has 65 heavy (non-hydrogen) atoms. The third-order valence-corrected chi connectivity index (χ3v) is 15.5. The minimum Gasteiger partial charge on any atom is -0.429 e. The zero-order valence-electron chi connectivity index (χ0n) is 35.5. The van der Waals surface area contributed by atoms with Gasteiger partial charge in [0, 0.05) is 52.4 Å². The molecule has 6 aliphatic rings. The minimum atomic E-state index is -0.837. The van der Waals surface area contributed by atoms with Gasteiger partial charge < -0.3 is 25.0 Å². The highest BCUT2D eigenvalue weighted by Crippen LogP contribution is 2.48. The molecule has 6 aliphatic carbocycles. The molecule has 0 radical (unpaired) electrons. The first kappa shape index (κ1) is 41.5. The topological polar surface area (TPSA) is 146 Å². The van der Waals surface area contributed by atoms with Gasteiger partial charge in [-0.15, -0.1) is 11.3 Å². The van der Waals surface area contributed by atoms with E-state index in [1.165, 1.54) is 68.1 Å². The number of fused-ring (bicyclic) bond motifs is 8. The van der Waals surface area contributed by atoms with Gasteiger partial charge in [-0.1, -0.05) is 19.9 Å². The molecule has 0 amide bonds. The Balaban J connectivity index is 0.000000144. The van der Waals surface area contributed by atoms with Gasteiger partial charge in [0.15, 0.2) is 40.7 Å². The van der Waals surface area contributed by atoms with Crippen LogP contribution in [-0.2, 0) is 0 Å². The SMILES string of the molecule is CC1C2CCC(CC2)C1Nc1nc(-c2c[nH]c3ncc(F)cc23)nc(-c2ccc(F)o2)c1F.CC1C2CCC(CC2)C1Nc1nc(-c2c[nH]c3ncc(F)cc23)nc(-c2cccs2)c1F. The summed E-state index contributed by atoms with van der Waals surface area (Å²) < 4.78 is 77.8. The summed E-state index contributed by atoms with van der Waals surface area (Å²) >= 11 is 1.43. The molecule has 17 heteroatoms. The summed E-state index contributed by atoms with van der Waals surface area (Å²) in [4.78, 5) is 32.9. The average Bonchev–Trinajstić information content (AvgIpc) is 4.16. The molecule has 8 aromatic heterocycles. The molecular weight excluding hydrogens is 860 g/mol. The first-order valence-electron chi connectivity index (χ1n) is 22.3. The number of hydrogen-bond donors (Lipinski definition) is 4. The van der Waals surface area contributed by atoms with E-state index in [9.17, 15) is 13.2 Å². The number of thiophene rings is 1. The molecule has 0 aromatic carbocycles. The summed E-state index contributed by atoms with van der Waals surface area (Å²) in [6, 6.07) is 8.33. The van der Waals surface area contributed by atoms with E-state index in [-0.39, 0.29) is 46.7 Å². The molecule has 4 atom stereocenters. The van der Waals surface area contributed by atoms with Crippen molar-refractivity contribution in [2.75, 3.05) is 10.6 Å². The largest absolute Gasteiger partial charge is 0.429 e. The van der Waals surface area contributed by atoms with Crippen molar-refractivity contribution in [3.05, 3.63) is 95.8 Å². The molecule has 8 heterocycles. The van der Waals surface area contributed by atoms with Gasteiger partial charge in [-0.05, 0) is 117 Å². The van der Waals surface area contributed by atoms with Crippen LogP contribution in [0.2, 0.25) is 0 Å². The number of H-pyrrole nitrogens is 2. The second-order valence-corrected chi connectivity index (χ2v) is 19.1. The Kier molecular flexibility index (Phi) is 10.6. The molecule has 4 unspecified atom stereocenters. The highest BCUT2D eigenvalue weighted by molar-refractivity contribution is 7.13. The van der Waals surface area contributed by atoms with Crippen LogP contribution < -0.4 is 10.6 Å². The zero-order valence-corrected chi connectivity index (χ0v) is 36.3. The fourth-order valence-electron chi connectivity index (χ4n) is 11.2. The number of pyridine rings is 2. The standard InChI is InChI=1S/C24H22F3N5O.C24H23F2N5S/c1-11-12-2-4-13(5-3-12)20(11)30-24-19(27)21(17-6-7-18(26)33-17)31-23(32-24)16-10-29-22-15(16)8-14(25)9-28-22;1-12-13-4-6-14(7-5-13)20(12)29-24-19(26)21(18-3-2-8-32-18)30-23(31-24)17-11-28-22-16(17)9-15(25)10-27-22/h6-13,20H,2-5H2,1H3,(H,28,29)(H,30,31,32);2-3,8-14,20H,4-7H2,1H3,(H,27,28)(H,29,30,31). The van der Waals surface area contributed by atoms with E-state index in [0.717, 1.165) is 36.2 Å². The van der Waals surface area contributed by atoms with Crippen LogP contribution in [0.3, 0.4) is 0 Å². The van der Waals surface area contributed by atoms with Crippen LogP contribution >= 0.6 is 11.3 Å². The van der Waals surface area contributed by atoms with E-state index in [1.807, 2.05) is 17.5 Å². The second kappa shape index (κ2) is 16.6. The van der Waals surface area contributed by atoms with Crippen molar-refractivity contribution in [2.45, 2.75) is 77.3 Å². The Morgan fingerprint density at radius 1 is 0.615 bits per heavy atom. The van der Waals surface area contributed by atoms with Crippen molar-refractivity contribution in [2.24, 2.45) is 35.5 Å². The maximum atomic E-state index is 15.7. The molecular formula is C48H45F5N10OS. The van der Waals surface area contributed by atoms with Crippen molar-refractivity contribution in [3.63, 3.8) is 0 Å². The highest BCUT2D eigenvalue weighted by atomic mass is 32.1. The summed E-state index contributed by atoms with van der Waals surface area (Å²) in [5.74, 6) is 1.76. The molecule has 6 fully saturated rings. The third-order valence-electron chi connectivity index (χ3n) is 14.6. The van der Waals surface area contributed by atoms with Gasteiger partial charge in [0.2, 0.25) is 0 Å². The predicted molar refractivity (Wildman–Crippen MR) is 239 cm³/mol. The lowest BCUT2D eigenvalue weighted by Gasteiger charge is -2.47. The van der Waals surface area contributed by atoms with Crippen LogP contribution in [0.25, 0.3) is 66.9 Å². The van der Waals surface area contributed by atoms with Crippen LogP contribution in [0.4, 0.5) is 33.6 Å². The van der Waals surface area contributed by atoms with E-state index >= 15 is 8.78 Å². The van der Waals surface area contributed by atoms with Gasteiger partial charge in [0.05, 0.1) is 17.3 Å². The molecule has 4 bridgehead atoms. The quantitative estimate of drug-likeness (QED) is 0.109. The Morgan fingerprint density at radius 2 is 1.11 bits per heavy atom. The molecule has 14 rings (SSSR count). The smallest absolute Gasteiger partial charge is 0.278 e. The number of furan rings is 1. The van der Waals surface area contributed by atoms with Gasteiger partial charge in [0.1, 0.15) is 34.3 Å². The zero-order chi connectivity index (χ0) is 44.5. The van der Waals surface area contributed by atoms with E-state index in [4.69, 9.17) is 4.42 Å². The van der Waals surface area contributed by atoms with E-state index < -0.39 is 29.3 Å². The summed E-state index contributed by atoms with van der Waals surface area (Å²) in [6.45, 7) is 4.46. The van der Waals surface area contributed by atoms with Crippen molar-refractivity contribution in [1.82, 2.24) is 39.9 Å². The van der Waals surface area contributed by atoms with E-state index in [1.54, 1.807) is 12.4 Å². The fourth-order valence-corrected chi connectivity index (χ4v) is 11.9. The van der Waals surface area contributed by atoms with Crippen molar-refractivity contribution in [1.29, 1.82) is 0 Å². The highest BCUT2D eigenvalue weighted by Gasteiger charge is 2.43. The van der Waals surface area contributed by atoms with Crippen molar-refractivity contribution in [3.8, 4) is 44.8 Å². The molecule has 6 saturated carbocycles. The number of hydrogen-bond acceptors (Lipinski definition) is 10. The number of aromatic nitrogens is 8. The molecule has 4 N–H and O–H groups in total. The van der Waals surface area contributed by atoms with Gasteiger partial charge in [0.25, 0.3) is 6.01 Å². The number of halogens is 5. The maximum absolute atomic E-state index is 15.7. The molecule has 334 valence electrons. The Labute approximate surface area is 374 Å². The summed E-state index contributed by atoms with van der Waals surface area (Å²) in [6.07, 6.45) is 15.1. The molecule has 8 aromatic rings. The first-order chi connectivity index (χ1) is 31.6. The Bertz CT molecular complexity index is 3020. The lowest BCUT2D eigenvalue weighted by Crippen LogP contribution is -2.47. The number of rotatable bonds is 8. The van der Waals surface area contributed by atoms with Gasteiger partial charge in [-0.3, -0.25) is 0 Å². The maximum Gasteiger partial charge on any atom is 0.278 e. The normalized spacial score (nSPS) is 24.7. The average molecular weight is 905 g/mol. The van der Waals surface area contributed by atoms with Gasteiger partial charge in [-0.25, -0.2) is 47.5 Å². The number of aromatic amines is 2. The summed E-state index contributed by atoms with van der Waals surface area (Å²) in [7, 11) is 0. The third kappa shape index (κ3) is 7.60.